The maximum absolute atomic E-state index is 13.5. The van der Waals surface area contributed by atoms with Gasteiger partial charge >= 0.3 is 0 Å². The predicted molar refractivity (Wildman–Crippen MR) is 141 cm³/mol. The van der Waals surface area contributed by atoms with Crippen LogP contribution in [0.25, 0.3) is 33.2 Å². The molecule has 0 radical (unpaired) electrons. The molecule has 2 fully saturated rings. The van der Waals surface area contributed by atoms with E-state index in [1.165, 1.54) is 6.07 Å². The van der Waals surface area contributed by atoms with E-state index in [4.69, 9.17) is 4.98 Å². The second-order valence-corrected chi connectivity index (χ2v) is 10.4. The monoisotopic (exact) mass is 491 g/mol. The SMILES string of the molecule is Cn1cc(-c2cc(-c3ccc(N4CC5(CN(Cc6cccc(F)c6)C5)C4)nc3)c3cncnc3c2)cn1. The van der Waals surface area contributed by atoms with Crippen LogP contribution in [0.3, 0.4) is 0 Å². The number of anilines is 1. The van der Waals surface area contributed by atoms with Crippen molar-refractivity contribution in [1.82, 2.24) is 29.6 Å². The fourth-order valence-corrected chi connectivity index (χ4v) is 5.83. The van der Waals surface area contributed by atoms with E-state index in [9.17, 15) is 4.39 Å². The zero-order chi connectivity index (χ0) is 25.0. The van der Waals surface area contributed by atoms with Crippen LogP contribution in [0.2, 0.25) is 0 Å². The van der Waals surface area contributed by atoms with E-state index >= 15 is 0 Å². The molecule has 1 spiro atoms. The Kier molecular flexibility index (Phi) is 5.04. The summed E-state index contributed by atoms with van der Waals surface area (Å²) in [6.45, 7) is 4.91. The maximum Gasteiger partial charge on any atom is 0.128 e. The van der Waals surface area contributed by atoms with Gasteiger partial charge in [0.2, 0.25) is 0 Å². The molecule has 0 saturated carbocycles. The van der Waals surface area contributed by atoms with Crippen molar-refractivity contribution in [2.24, 2.45) is 12.5 Å². The average molecular weight is 492 g/mol. The number of halogens is 1. The third kappa shape index (κ3) is 4.03. The molecular formula is C29H26FN7. The van der Waals surface area contributed by atoms with Crippen LogP contribution in [0, 0.1) is 11.2 Å². The maximum atomic E-state index is 13.5. The quantitative estimate of drug-likeness (QED) is 0.359. The Labute approximate surface area is 214 Å². The minimum atomic E-state index is -0.165. The Bertz CT molecular complexity index is 1600. The molecule has 0 atom stereocenters. The van der Waals surface area contributed by atoms with Gasteiger partial charge in [0.25, 0.3) is 0 Å². The number of aryl methyl sites for hydroxylation is 1. The van der Waals surface area contributed by atoms with Crippen molar-refractivity contribution in [3.8, 4) is 22.3 Å². The molecule has 5 aromatic rings. The lowest BCUT2D eigenvalue weighted by Gasteiger charge is -2.60. The minimum absolute atomic E-state index is 0.165. The molecule has 3 aromatic heterocycles. The van der Waals surface area contributed by atoms with Gasteiger partial charge in [-0.2, -0.15) is 5.10 Å². The number of likely N-dealkylation sites (tertiary alicyclic amines) is 1. The Morgan fingerprint density at radius 3 is 2.54 bits per heavy atom. The number of benzene rings is 2. The molecule has 8 heteroatoms. The summed E-state index contributed by atoms with van der Waals surface area (Å²) in [4.78, 5) is 18.3. The first kappa shape index (κ1) is 22.1. The minimum Gasteiger partial charge on any atom is -0.355 e. The number of aromatic nitrogens is 5. The number of pyridine rings is 1. The van der Waals surface area contributed by atoms with Crippen LogP contribution in [0.5, 0.6) is 0 Å². The summed E-state index contributed by atoms with van der Waals surface area (Å²) >= 11 is 0. The lowest BCUT2D eigenvalue weighted by molar-refractivity contribution is -0.0277. The first-order valence-electron chi connectivity index (χ1n) is 12.4. The van der Waals surface area contributed by atoms with Gasteiger partial charge in [0, 0.05) is 80.3 Å². The van der Waals surface area contributed by atoms with E-state index in [0.29, 0.717) is 5.41 Å². The van der Waals surface area contributed by atoms with Gasteiger partial charge < -0.3 is 4.90 Å². The largest absolute Gasteiger partial charge is 0.355 e. The molecule has 5 heterocycles. The highest BCUT2D eigenvalue weighted by atomic mass is 19.1. The molecule has 184 valence electrons. The first-order valence-corrected chi connectivity index (χ1v) is 12.4. The Hall–Kier alpha value is -4.17. The average Bonchev–Trinajstić information content (AvgIpc) is 3.30. The lowest BCUT2D eigenvalue weighted by atomic mass is 9.72. The smallest absolute Gasteiger partial charge is 0.128 e. The molecule has 0 unspecified atom stereocenters. The van der Waals surface area contributed by atoms with Crippen molar-refractivity contribution in [3.63, 3.8) is 0 Å². The van der Waals surface area contributed by atoms with E-state index in [0.717, 1.165) is 77.3 Å². The van der Waals surface area contributed by atoms with Crippen LogP contribution in [0.4, 0.5) is 10.2 Å². The molecule has 7 rings (SSSR count). The Morgan fingerprint density at radius 2 is 1.78 bits per heavy atom. The fourth-order valence-electron chi connectivity index (χ4n) is 5.83. The van der Waals surface area contributed by atoms with E-state index in [1.54, 1.807) is 23.1 Å². The van der Waals surface area contributed by atoms with Crippen molar-refractivity contribution < 1.29 is 4.39 Å². The van der Waals surface area contributed by atoms with Gasteiger partial charge in [-0.05, 0) is 53.1 Å². The van der Waals surface area contributed by atoms with Gasteiger partial charge in [0.05, 0.1) is 11.7 Å². The van der Waals surface area contributed by atoms with Crippen LogP contribution < -0.4 is 4.90 Å². The van der Waals surface area contributed by atoms with Gasteiger partial charge in [-0.25, -0.2) is 19.3 Å². The summed E-state index contributed by atoms with van der Waals surface area (Å²) in [6, 6.07) is 15.4. The van der Waals surface area contributed by atoms with Crippen LogP contribution in [-0.2, 0) is 13.6 Å². The van der Waals surface area contributed by atoms with Crippen LogP contribution in [-0.4, -0.2) is 55.8 Å². The molecule has 2 aromatic carbocycles. The summed E-state index contributed by atoms with van der Waals surface area (Å²) in [6.07, 6.45) is 9.27. The molecule has 2 saturated heterocycles. The first-order chi connectivity index (χ1) is 18.0. The fraction of sp³-hybridized carbons (Fsp3) is 0.241. The van der Waals surface area contributed by atoms with Crippen molar-refractivity contribution >= 4 is 16.7 Å². The highest BCUT2D eigenvalue weighted by molar-refractivity contribution is 5.97. The number of hydrogen-bond donors (Lipinski definition) is 0. The normalized spacial score (nSPS) is 16.6. The highest BCUT2D eigenvalue weighted by Crippen LogP contribution is 2.42. The summed E-state index contributed by atoms with van der Waals surface area (Å²) in [5.41, 5.74) is 6.47. The standard InChI is InChI=1S/C29H26FN7/c1-35-14-23(11-34-35)22-8-25(26-12-31-19-33-27(26)9-22)21-5-6-28(32-10-21)37-17-29(18-37)15-36(16-29)13-20-3-2-4-24(30)7-20/h2-12,14,19H,13,15-18H2,1H3. The van der Waals surface area contributed by atoms with E-state index in [1.807, 2.05) is 37.9 Å². The van der Waals surface area contributed by atoms with Crippen molar-refractivity contribution in [2.45, 2.75) is 6.54 Å². The highest BCUT2D eigenvalue weighted by Gasteiger charge is 2.51. The molecule has 37 heavy (non-hydrogen) atoms. The van der Waals surface area contributed by atoms with Crippen LogP contribution >= 0.6 is 0 Å². The van der Waals surface area contributed by atoms with E-state index in [-0.39, 0.29) is 5.82 Å². The number of fused-ring (bicyclic) bond motifs is 1. The van der Waals surface area contributed by atoms with Gasteiger partial charge in [-0.1, -0.05) is 12.1 Å². The zero-order valence-corrected chi connectivity index (χ0v) is 20.5. The Morgan fingerprint density at radius 1 is 0.892 bits per heavy atom. The van der Waals surface area contributed by atoms with Crippen molar-refractivity contribution in [3.05, 3.63) is 91.0 Å². The summed E-state index contributed by atoms with van der Waals surface area (Å²) in [5.74, 6) is 0.836. The molecule has 0 bridgehead atoms. The second kappa shape index (κ2) is 8.45. The molecule has 2 aliphatic heterocycles. The van der Waals surface area contributed by atoms with Gasteiger partial charge in [0.1, 0.15) is 18.0 Å². The zero-order valence-electron chi connectivity index (χ0n) is 20.5. The summed E-state index contributed by atoms with van der Waals surface area (Å²) < 4.78 is 15.3. The summed E-state index contributed by atoms with van der Waals surface area (Å²) in [7, 11) is 1.92. The molecule has 0 amide bonds. The van der Waals surface area contributed by atoms with Crippen molar-refractivity contribution in [1.29, 1.82) is 0 Å². The molecule has 2 aliphatic rings. The number of hydrogen-bond acceptors (Lipinski definition) is 6. The van der Waals surface area contributed by atoms with Crippen LogP contribution in [0.1, 0.15) is 5.56 Å². The molecule has 7 nitrogen and oxygen atoms in total. The number of rotatable bonds is 5. The second-order valence-electron chi connectivity index (χ2n) is 10.4. The molecule has 0 aliphatic carbocycles. The predicted octanol–water partition coefficient (Wildman–Crippen LogP) is 4.55. The van der Waals surface area contributed by atoms with E-state index in [2.05, 4.69) is 49.1 Å². The van der Waals surface area contributed by atoms with Gasteiger partial charge in [0.15, 0.2) is 0 Å². The van der Waals surface area contributed by atoms with Crippen LogP contribution in [0.15, 0.2) is 79.6 Å². The third-order valence-electron chi connectivity index (χ3n) is 7.51. The summed E-state index contributed by atoms with van der Waals surface area (Å²) in [5, 5.41) is 5.32. The number of nitrogens with zero attached hydrogens (tertiary/aromatic N) is 7. The Balaban J connectivity index is 1.07. The third-order valence-corrected chi connectivity index (χ3v) is 7.51. The van der Waals surface area contributed by atoms with E-state index < -0.39 is 0 Å². The topological polar surface area (TPSA) is 63.0 Å². The van der Waals surface area contributed by atoms with Gasteiger partial charge in [-0.3, -0.25) is 9.58 Å². The molecular weight excluding hydrogens is 465 g/mol. The molecule has 0 N–H and O–H groups in total. The van der Waals surface area contributed by atoms with Gasteiger partial charge in [-0.15, -0.1) is 0 Å². The lowest BCUT2D eigenvalue weighted by Crippen LogP contribution is -2.72. The van der Waals surface area contributed by atoms with Crippen molar-refractivity contribution in [2.75, 3.05) is 31.1 Å².